The summed E-state index contributed by atoms with van der Waals surface area (Å²) in [6.45, 7) is 5.24. The largest absolute Gasteiger partial charge is 0.333 e. The molecular weight excluding hydrogens is 255 g/mol. The van der Waals surface area contributed by atoms with E-state index in [2.05, 4.69) is 5.32 Å². The van der Waals surface area contributed by atoms with E-state index in [1.807, 2.05) is 13.8 Å². The molecule has 0 bridgehead atoms. The molecule has 0 saturated carbocycles. The van der Waals surface area contributed by atoms with E-state index in [0.717, 1.165) is 6.54 Å². The lowest BCUT2D eigenvalue weighted by atomic mass is 10.1. The van der Waals surface area contributed by atoms with Gasteiger partial charge in [0.25, 0.3) is 5.91 Å². The summed E-state index contributed by atoms with van der Waals surface area (Å²) in [6, 6.07) is 4.32. The first kappa shape index (κ1) is 13.3. The van der Waals surface area contributed by atoms with E-state index in [9.17, 15) is 9.18 Å². The lowest BCUT2D eigenvalue weighted by Gasteiger charge is -2.37. The number of halogens is 2. The summed E-state index contributed by atoms with van der Waals surface area (Å²) in [5, 5.41) is 3.65. The molecule has 18 heavy (non-hydrogen) atoms. The van der Waals surface area contributed by atoms with Crippen LogP contribution in [0.15, 0.2) is 18.2 Å². The van der Waals surface area contributed by atoms with Gasteiger partial charge in [-0.3, -0.25) is 4.79 Å². The van der Waals surface area contributed by atoms with E-state index < -0.39 is 5.82 Å². The van der Waals surface area contributed by atoms with Crippen molar-refractivity contribution in [2.24, 2.45) is 0 Å². The number of hydrogen-bond donors (Lipinski definition) is 1. The van der Waals surface area contributed by atoms with Crippen LogP contribution in [0.5, 0.6) is 0 Å². The van der Waals surface area contributed by atoms with Crippen LogP contribution in [0.25, 0.3) is 0 Å². The van der Waals surface area contributed by atoms with Crippen LogP contribution in [-0.4, -0.2) is 36.0 Å². The van der Waals surface area contributed by atoms with Crippen LogP contribution in [0, 0.1) is 5.82 Å². The van der Waals surface area contributed by atoms with Gasteiger partial charge in [0.1, 0.15) is 5.82 Å². The van der Waals surface area contributed by atoms with E-state index in [0.29, 0.717) is 11.6 Å². The molecule has 1 saturated heterocycles. The van der Waals surface area contributed by atoms with Crippen molar-refractivity contribution in [1.29, 1.82) is 0 Å². The number of hydrogen-bond acceptors (Lipinski definition) is 2. The third-order valence-corrected chi connectivity index (χ3v) is 3.42. The maximum Gasteiger partial charge on any atom is 0.257 e. The zero-order valence-electron chi connectivity index (χ0n) is 10.4. The fourth-order valence-electron chi connectivity index (χ4n) is 2.12. The summed E-state index contributed by atoms with van der Waals surface area (Å²) in [6.07, 6.45) is 0. The minimum Gasteiger partial charge on any atom is -0.333 e. The maximum atomic E-state index is 13.7. The van der Waals surface area contributed by atoms with Gasteiger partial charge in [0.15, 0.2) is 0 Å². The van der Waals surface area contributed by atoms with Crippen LogP contribution in [0.3, 0.4) is 0 Å². The van der Waals surface area contributed by atoms with Gasteiger partial charge < -0.3 is 10.2 Å². The minimum atomic E-state index is -0.525. The second kappa shape index (κ2) is 5.24. The zero-order chi connectivity index (χ0) is 13.3. The van der Waals surface area contributed by atoms with Crippen LogP contribution in [0.1, 0.15) is 24.2 Å². The van der Waals surface area contributed by atoms with E-state index in [4.69, 9.17) is 11.6 Å². The van der Waals surface area contributed by atoms with E-state index >= 15 is 0 Å². The summed E-state index contributed by atoms with van der Waals surface area (Å²) in [5.41, 5.74) is 0.0449. The molecule has 2 atom stereocenters. The van der Waals surface area contributed by atoms with E-state index in [1.165, 1.54) is 18.2 Å². The number of benzene rings is 1. The van der Waals surface area contributed by atoms with Crippen molar-refractivity contribution in [3.05, 3.63) is 34.6 Å². The zero-order valence-corrected chi connectivity index (χ0v) is 11.2. The first-order valence-electron chi connectivity index (χ1n) is 5.98. The lowest BCUT2D eigenvalue weighted by molar-refractivity contribution is 0.0611. The topological polar surface area (TPSA) is 32.3 Å². The van der Waals surface area contributed by atoms with Crippen molar-refractivity contribution in [2.45, 2.75) is 25.9 Å². The Labute approximate surface area is 111 Å². The highest BCUT2D eigenvalue weighted by atomic mass is 35.5. The number of carbonyl (C=O) groups is 1. The van der Waals surface area contributed by atoms with Gasteiger partial charge in [0.2, 0.25) is 0 Å². The molecule has 1 N–H and O–H groups in total. The molecule has 1 amide bonds. The molecule has 0 aromatic heterocycles. The first-order valence-corrected chi connectivity index (χ1v) is 6.36. The summed E-state index contributed by atoms with van der Waals surface area (Å²) in [4.78, 5) is 14.0. The molecule has 0 radical (unpaired) electrons. The standard InChI is InChI=1S/C13H16ClFN2O/c1-8-7-17(9(2)6-16-8)13(18)11-5-10(14)3-4-12(11)15/h3-5,8-9,16H,6-7H2,1-2H3. The number of amides is 1. The van der Waals surface area contributed by atoms with Crippen molar-refractivity contribution in [3.63, 3.8) is 0 Å². The molecule has 1 aromatic rings. The normalized spacial score (nSPS) is 24.1. The highest BCUT2D eigenvalue weighted by Crippen LogP contribution is 2.19. The third-order valence-electron chi connectivity index (χ3n) is 3.18. The summed E-state index contributed by atoms with van der Waals surface area (Å²) >= 11 is 5.82. The van der Waals surface area contributed by atoms with Crippen molar-refractivity contribution in [1.82, 2.24) is 10.2 Å². The Morgan fingerprint density at radius 1 is 1.50 bits per heavy atom. The summed E-state index contributed by atoms with van der Waals surface area (Å²) in [7, 11) is 0. The Morgan fingerprint density at radius 3 is 2.94 bits per heavy atom. The molecule has 2 rings (SSSR count). The Hall–Kier alpha value is -1.13. The second-order valence-electron chi connectivity index (χ2n) is 4.74. The Bertz CT molecular complexity index is 466. The molecule has 1 aliphatic rings. The lowest BCUT2D eigenvalue weighted by Crippen LogP contribution is -2.56. The SMILES string of the molecule is CC1CN(C(=O)c2cc(Cl)ccc2F)C(C)CN1. The van der Waals surface area contributed by atoms with Gasteiger partial charge in [-0.05, 0) is 32.0 Å². The highest BCUT2D eigenvalue weighted by molar-refractivity contribution is 6.31. The summed E-state index contributed by atoms with van der Waals surface area (Å²) < 4.78 is 13.7. The molecule has 2 unspecified atom stereocenters. The van der Waals surface area contributed by atoms with Gasteiger partial charge in [-0.1, -0.05) is 11.6 Å². The molecule has 1 aromatic carbocycles. The molecule has 3 nitrogen and oxygen atoms in total. The van der Waals surface area contributed by atoms with Crippen molar-refractivity contribution in [2.75, 3.05) is 13.1 Å². The minimum absolute atomic E-state index is 0.0449. The fraction of sp³-hybridized carbons (Fsp3) is 0.462. The van der Waals surface area contributed by atoms with Crippen LogP contribution < -0.4 is 5.32 Å². The molecule has 1 aliphatic heterocycles. The van der Waals surface area contributed by atoms with Crippen molar-refractivity contribution < 1.29 is 9.18 Å². The Kier molecular flexibility index (Phi) is 3.88. The van der Waals surface area contributed by atoms with Gasteiger partial charge in [-0.15, -0.1) is 0 Å². The van der Waals surface area contributed by atoms with Crippen LogP contribution >= 0.6 is 11.6 Å². The predicted octanol–water partition coefficient (Wildman–Crippen LogP) is 2.30. The van der Waals surface area contributed by atoms with Gasteiger partial charge in [-0.25, -0.2) is 4.39 Å². The van der Waals surface area contributed by atoms with Crippen molar-refractivity contribution >= 4 is 17.5 Å². The average molecular weight is 271 g/mol. The first-order chi connectivity index (χ1) is 8.49. The number of nitrogens with one attached hydrogen (secondary N) is 1. The van der Waals surface area contributed by atoms with Crippen LogP contribution in [0.4, 0.5) is 4.39 Å². The fourth-order valence-corrected chi connectivity index (χ4v) is 2.29. The number of rotatable bonds is 1. The Morgan fingerprint density at radius 2 is 2.22 bits per heavy atom. The molecule has 0 spiro atoms. The molecule has 5 heteroatoms. The number of nitrogens with zero attached hydrogens (tertiary/aromatic N) is 1. The second-order valence-corrected chi connectivity index (χ2v) is 5.18. The smallest absolute Gasteiger partial charge is 0.257 e. The monoisotopic (exact) mass is 270 g/mol. The van der Waals surface area contributed by atoms with E-state index in [-0.39, 0.29) is 23.6 Å². The van der Waals surface area contributed by atoms with Gasteiger partial charge >= 0.3 is 0 Å². The van der Waals surface area contributed by atoms with Gasteiger partial charge in [-0.2, -0.15) is 0 Å². The molecule has 1 heterocycles. The summed E-state index contributed by atoms with van der Waals surface area (Å²) in [5.74, 6) is -0.821. The number of carbonyl (C=O) groups excluding carboxylic acids is 1. The molecule has 1 fully saturated rings. The quantitative estimate of drug-likeness (QED) is 0.849. The molecular formula is C13H16ClFN2O. The van der Waals surface area contributed by atoms with E-state index in [1.54, 1.807) is 4.90 Å². The molecule has 98 valence electrons. The molecule has 0 aliphatic carbocycles. The maximum absolute atomic E-state index is 13.7. The van der Waals surface area contributed by atoms with Crippen LogP contribution in [-0.2, 0) is 0 Å². The number of piperazine rings is 1. The third kappa shape index (κ3) is 2.65. The van der Waals surface area contributed by atoms with Crippen molar-refractivity contribution in [3.8, 4) is 0 Å². The van der Waals surface area contributed by atoms with Gasteiger partial charge in [0, 0.05) is 30.2 Å². The van der Waals surface area contributed by atoms with Gasteiger partial charge in [0.05, 0.1) is 5.56 Å². The van der Waals surface area contributed by atoms with Crippen LogP contribution in [0.2, 0.25) is 5.02 Å². The Balaban J connectivity index is 2.27. The highest BCUT2D eigenvalue weighted by Gasteiger charge is 2.28. The average Bonchev–Trinajstić information content (AvgIpc) is 2.34. The predicted molar refractivity (Wildman–Crippen MR) is 69.4 cm³/mol.